The Hall–Kier alpha value is -0.180. The van der Waals surface area contributed by atoms with Crippen LogP contribution in [0.15, 0.2) is 0 Å². The van der Waals surface area contributed by atoms with Gasteiger partial charge in [0.1, 0.15) is 0 Å². The molecule has 6 saturated carbocycles. The molecule has 6 fully saturated rings. The Labute approximate surface area is 137 Å². The minimum Gasteiger partial charge on any atom is -0.374 e. The van der Waals surface area contributed by atoms with Gasteiger partial charge in [0, 0.05) is 12.8 Å². The third kappa shape index (κ3) is 1.42. The van der Waals surface area contributed by atoms with Gasteiger partial charge in [-0.1, -0.05) is 13.8 Å². The van der Waals surface area contributed by atoms with Crippen LogP contribution in [-0.2, 0) is 4.74 Å². The van der Waals surface area contributed by atoms with Gasteiger partial charge in [-0.2, -0.15) is 0 Å². The molecular weight excluding hydrogens is 294 g/mol. The maximum absolute atomic E-state index is 13.1. The van der Waals surface area contributed by atoms with Gasteiger partial charge in [0.05, 0.1) is 12.2 Å². The zero-order valence-corrected chi connectivity index (χ0v) is 14.2. The molecule has 0 saturated heterocycles. The normalized spacial score (nSPS) is 59.7. The quantitative estimate of drug-likeness (QED) is 0.728. The van der Waals surface area contributed by atoms with Gasteiger partial charge in [-0.3, -0.25) is 0 Å². The highest BCUT2D eigenvalue weighted by Crippen LogP contribution is 2.82. The van der Waals surface area contributed by atoms with Crippen LogP contribution in [0.3, 0.4) is 0 Å². The molecule has 0 radical (unpaired) electrons. The van der Waals surface area contributed by atoms with Gasteiger partial charge < -0.3 is 4.74 Å². The molecule has 0 aromatic heterocycles. The Morgan fingerprint density at radius 3 is 2.30 bits per heavy atom. The molecule has 6 aliphatic rings. The first-order chi connectivity index (χ1) is 10.9. The molecule has 0 aromatic carbocycles. The van der Waals surface area contributed by atoms with Crippen molar-refractivity contribution in [2.24, 2.45) is 52.8 Å². The van der Waals surface area contributed by atoms with Crippen LogP contribution in [0.5, 0.6) is 0 Å². The van der Waals surface area contributed by atoms with Crippen molar-refractivity contribution in [1.29, 1.82) is 0 Å². The summed E-state index contributed by atoms with van der Waals surface area (Å²) < 4.78 is 32.8. The SMILES string of the molecule is CC1C(C)C2C1C1C3CCC3(OCC3CC4(C3)CC(F)(F)C4)C21. The Balaban J connectivity index is 1.07. The summed E-state index contributed by atoms with van der Waals surface area (Å²) in [6.07, 6.45) is 4.95. The van der Waals surface area contributed by atoms with Crippen LogP contribution in [0.1, 0.15) is 52.4 Å². The number of hydrogen-bond acceptors (Lipinski definition) is 1. The Kier molecular flexibility index (Phi) is 2.33. The summed E-state index contributed by atoms with van der Waals surface area (Å²) in [6.45, 7) is 5.74. The number of halogens is 2. The summed E-state index contributed by atoms with van der Waals surface area (Å²) in [7, 11) is 0. The number of ether oxygens (including phenoxy) is 1. The van der Waals surface area contributed by atoms with Gasteiger partial charge in [-0.25, -0.2) is 8.78 Å². The Bertz CT molecular complexity index is 552. The van der Waals surface area contributed by atoms with Gasteiger partial charge in [-0.05, 0) is 78.4 Å². The first kappa shape index (κ1) is 14.0. The van der Waals surface area contributed by atoms with Gasteiger partial charge in [0.2, 0.25) is 5.92 Å². The molecule has 8 unspecified atom stereocenters. The number of rotatable bonds is 3. The maximum atomic E-state index is 13.1. The number of alkyl halides is 2. The van der Waals surface area contributed by atoms with Crippen molar-refractivity contribution < 1.29 is 13.5 Å². The van der Waals surface area contributed by atoms with E-state index in [9.17, 15) is 8.78 Å². The van der Waals surface area contributed by atoms with E-state index >= 15 is 0 Å². The zero-order valence-electron chi connectivity index (χ0n) is 14.2. The van der Waals surface area contributed by atoms with E-state index in [4.69, 9.17) is 4.74 Å². The highest BCUT2D eigenvalue weighted by Gasteiger charge is 2.82. The lowest BCUT2D eigenvalue weighted by Gasteiger charge is -2.84. The lowest BCUT2D eigenvalue weighted by atomic mass is 9.22. The molecule has 8 atom stereocenters. The summed E-state index contributed by atoms with van der Waals surface area (Å²) >= 11 is 0. The standard InChI is InChI=1S/C20H28F2O/c1-10-11(2)15-14(10)16-13-3-4-20(13,17(15)16)23-7-12-5-18(6-12)8-19(21,22)9-18/h10-17H,3-9H2,1-2H3. The number of fused-ring (bicyclic) bond motifs is 7. The van der Waals surface area contributed by atoms with E-state index in [-0.39, 0.29) is 23.9 Å². The number of hydrogen-bond donors (Lipinski definition) is 0. The third-order valence-corrected chi connectivity index (χ3v) is 9.56. The molecule has 128 valence electrons. The highest BCUT2D eigenvalue weighted by atomic mass is 19.3. The molecule has 0 amide bonds. The summed E-state index contributed by atoms with van der Waals surface area (Å²) in [6, 6.07) is 0. The van der Waals surface area contributed by atoms with Crippen molar-refractivity contribution >= 4 is 0 Å². The van der Waals surface area contributed by atoms with Gasteiger partial charge >= 0.3 is 0 Å². The zero-order chi connectivity index (χ0) is 15.8. The van der Waals surface area contributed by atoms with Crippen LogP contribution >= 0.6 is 0 Å². The Morgan fingerprint density at radius 2 is 1.70 bits per heavy atom. The smallest absolute Gasteiger partial charge is 0.249 e. The van der Waals surface area contributed by atoms with E-state index in [1.54, 1.807) is 0 Å². The second-order valence-corrected chi connectivity index (χ2v) is 10.4. The molecule has 3 heteroatoms. The Morgan fingerprint density at radius 1 is 1.00 bits per heavy atom. The van der Waals surface area contributed by atoms with E-state index in [0.717, 1.165) is 60.9 Å². The molecule has 0 N–H and O–H groups in total. The van der Waals surface area contributed by atoms with Gasteiger partial charge in [0.25, 0.3) is 0 Å². The second-order valence-electron chi connectivity index (χ2n) is 10.4. The van der Waals surface area contributed by atoms with Gasteiger partial charge in [-0.15, -0.1) is 0 Å². The van der Waals surface area contributed by atoms with Crippen molar-refractivity contribution in [3.05, 3.63) is 0 Å². The molecular formula is C20H28F2O. The maximum Gasteiger partial charge on any atom is 0.249 e. The predicted molar refractivity (Wildman–Crippen MR) is 83.0 cm³/mol. The molecule has 6 rings (SSSR count). The lowest BCUT2D eigenvalue weighted by molar-refractivity contribution is -0.413. The molecule has 0 heterocycles. The second kappa shape index (κ2) is 3.81. The van der Waals surface area contributed by atoms with E-state index < -0.39 is 5.92 Å². The summed E-state index contributed by atoms with van der Waals surface area (Å²) in [5.41, 5.74) is 0.252. The van der Waals surface area contributed by atoms with E-state index in [1.165, 1.54) is 12.8 Å². The predicted octanol–water partition coefficient (Wildman–Crippen LogP) is 4.76. The van der Waals surface area contributed by atoms with E-state index in [0.29, 0.717) is 5.92 Å². The monoisotopic (exact) mass is 322 g/mol. The molecule has 6 aliphatic carbocycles. The van der Waals surface area contributed by atoms with Crippen LogP contribution in [0.2, 0.25) is 0 Å². The van der Waals surface area contributed by atoms with E-state index in [1.807, 2.05) is 0 Å². The molecule has 1 spiro atoms. The topological polar surface area (TPSA) is 9.23 Å². The van der Waals surface area contributed by atoms with Crippen LogP contribution in [-0.4, -0.2) is 18.1 Å². The lowest BCUT2D eigenvalue weighted by Crippen LogP contribution is -2.85. The average molecular weight is 322 g/mol. The summed E-state index contributed by atoms with van der Waals surface area (Å²) in [5.74, 6) is 4.70. The molecule has 0 aromatic rings. The fourth-order valence-electron chi connectivity index (χ4n) is 8.53. The first-order valence-corrected chi connectivity index (χ1v) is 9.88. The largest absolute Gasteiger partial charge is 0.374 e. The fraction of sp³-hybridized carbons (Fsp3) is 1.00. The highest BCUT2D eigenvalue weighted by molar-refractivity contribution is 5.30. The van der Waals surface area contributed by atoms with Crippen molar-refractivity contribution in [3.8, 4) is 0 Å². The molecule has 0 bridgehead atoms. The van der Waals surface area contributed by atoms with Crippen molar-refractivity contribution in [1.82, 2.24) is 0 Å². The first-order valence-electron chi connectivity index (χ1n) is 9.88. The minimum atomic E-state index is -2.36. The van der Waals surface area contributed by atoms with E-state index in [2.05, 4.69) is 13.8 Å². The molecule has 0 aliphatic heterocycles. The molecule has 1 nitrogen and oxygen atoms in total. The van der Waals surface area contributed by atoms with Crippen LogP contribution < -0.4 is 0 Å². The van der Waals surface area contributed by atoms with Crippen LogP contribution in [0.4, 0.5) is 8.78 Å². The average Bonchev–Trinajstić information content (AvgIpc) is 2.39. The minimum absolute atomic E-state index is 0.00976. The summed E-state index contributed by atoms with van der Waals surface area (Å²) in [4.78, 5) is 0. The summed E-state index contributed by atoms with van der Waals surface area (Å²) in [5, 5.41) is 0. The fourth-order valence-corrected chi connectivity index (χ4v) is 8.53. The van der Waals surface area contributed by atoms with Gasteiger partial charge in [0.15, 0.2) is 0 Å². The third-order valence-electron chi connectivity index (χ3n) is 9.56. The van der Waals surface area contributed by atoms with Crippen molar-refractivity contribution in [3.63, 3.8) is 0 Å². The molecule has 23 heavy (non-hydrogen) atoms. The van der Waals surface area contributed by atoms with Crippen molar-refractivity contribution in [2.75, 3.05) is 6.61 Å². The van der Waals surface area contributed by atoms with Crippen LogP contribution in [0.25, 0.3) is 0 Å². The van der Waals surface area contributed by atoms with Crippen LogP contribution in [0, 0.1) is 52.8 Å². The van der Waals surface area contributed by atoms with Crippen molar-refractivity contribution in [2.45, 2.75) is 63.9 Å².